The Morgan fingerprint density at radius 3 is 2.25 bits per heavy atom. The van der Waals surface area contributed by atoms with E-state index >= 15 is 0 Å². The fourth-order valence-electron chi connectivity index (χ4n) is 1.94. The first kappa shape index (κ1) is 23.7. The molecule has 150 valence electrons. The van der Waals surface area contributed by atoms with E-state index in [-0.39, 0.29) is 17.9 Å². The maximum Gasteiger partial charge on any atom is 0.296 e. The molecule has 0 aliphatic heterocycles. The standard InChI is InChI=1S/C22H26O5S/c1-3-4-7-10-20(23)11-8-5-6-9-12-21(24)17-18-27-28(25,26)22-15-13-19(2)14-16-22/h4-7,13-16,20-21,23-24H,3,10,17-18H2,1-2H3. The van der Waals surface area contributed by atoms with E-state index in [0.717, 1.165) is 12.0 Å². The molecule has 1 aromatic rings. The molecule has 0 amide bonds. The molecule has 2 atom stereocenters. The van der Waals surface area contributed by atoms with Gasteiger partial charge in [0.15, 0.2) is 0 Å². The van der Waals surface area contributed by atoms with E-state index in [4.69, 9.17) is 4.18 Å². The van der Waals surface area contributed by atoms with Crippen LogP contribution in [0.2, 0.25) is 0 Å². The molecule has 1 aromatic carbocycles. The van der Waals surface area contributed by atoms with Gasteiger partial charge in [-0.05, 0) is 37.6 Å². The van der Waals surface area contributed by atoms with Crippen LogP contribution < -0.4 is 0 Å². The minimum absolute atomic E-state index is 0.0556. The Hall–Kier alpha value is -2.35. The summed E-state index contributed by atoms with van der Waals surface area (Å²) in [6, 6.07) is 6.33. The molecule has 5 nitrogen and oxygen atoms in total. The Morgan fingerprint density at radius 2 is 1.64 bits per heavy atom. The van der Waals surface area contributed by atoms with E-state index in [0.29, 0.717) is 6.42 Å². The molecule has 0 saturated heterocycles. The van der Waals surface area contributed by atoms with Crippen LogP contribution in [-0.4, -0.2) is 37.4 Å². The Kier molecular flexibility index (Phi) is 10.9. The number of aliphatic hydroxyl groups excluding tert-OH is 2. The van der Waals surface area contributed by atoms with Crippen LogP contribution >= 0.6 is 0 Å². The highest BCUT2D eigenvalue weighted by Crippen LogP contribution is 2.13. The minimum Gasteiger partial charge on any atom is -0.380 e. The summed E-state index contributed by atoms with van der Waals surface area (Å²) in [4.78, 5) is 0.0764. The molecule has 2 N–H and O–H groups in total. The predicted molar refractivity (Wildman–Crippen MR) is 110 cm³/mol. The van der Waals surface area contributed by atoms with Gasteiger partial charge in [-0.25, -0.2) is 0 Å². The van der Waals surface area contributed by atoms with Gasteiger partial charge in [0.1, 0.15) is 12.2 Å². The van der Waals surface area contributed by atoms with Crippen LogP contribution in [0.3, 0.4) is 0 Å². The molecular formula is C22H26O5S. The van der Waals surface area contributed by atoms with Crippen molar-refractivity contribution in [3.8, 4) is 23.7 Å². The molecule has 0 radical (unpaired) electrons. The smallest absolute Gasteiger partial charge is 0.296 e. The zero-order chi connectivity index (χ0) is 20.8. The summed E-state index contributed by atoms with van der Waals surface area (Å²) in [5.41, 5.74) is 0.949. The summed E-state index contributed by atoms with van der Waals surface area (Å²) in [6.07, 6.45) is 6.48. The van der Waals surface area contributed by atoms with Crippen LogP contribution in [0.15, 0.2) is 53.5 Å². The highest BCUT2D eigenvalue weighted by atomic mass is 32.2. The van der Waals surface area contributed by atoms with Gasteiger partial charge in [-0.3, -0.25) is 4.18 Å². The predicted octanol–water partition coefficient (Wildman–Crippen LogP) is 2.73. The second-order valence-electron chi connectivity index (χ2n) is 5.94. The molecule has 28 heavy (non-hydrogen) atoms. The molecule has 0 heterocycles. The van der Waals surface area contributed by atoms with Gasteiger partial charge in [0.25, 0.3) is 10.1 Å². The molecule has 0 saturated carbocycles. The molecule has 6 heteroatoms. The Bertz CT molecular complexity index is 875. The van der Waals surface area contributed by atoms with Crippen LogP contribution in [-0.2, 0) is 14.3 Å². The number of hydrogen-bond acceptors (Lipinski definition) is 5. The fourth-order valence-corrected chi connectivity index (χ4v) is 2.86. The van der Waals surface area contributed by atoms with Gasteiger partial charge >= 0.3 is 0 Å². The van der Waals surface area contributed by atoms with Crippen molar-refractivity contribution in [2.24, 2.45) is 0 Å². The highest BCUT2D eigenvalue weighted by molar-refractivity contribution is 7.86. The van der Waals surface area contributed by atoms with Crippen LogP contribution in [0, 0.1) is 30.6 Å². The third kappa shape index (κ3) is 10.1. The SMILES string of the molecule is CCC=CCC(O)C#CC=CC#CC(O)CCOS(=O)(=O)c1ccc(C)cc1. The van der Waals surface area contributed by atoms with Crippen molar-refractivity contribution in [2.75, 3.05) is 6.61 Å². The van der Waals surface area contributed by atoms with Crippen molar-refractivity contribution < 1.29 is 22.8 Å². The van der Waals surface area contributed by atoms with Crippen LogP contribution in [0.1, 0.15) is 31.7 Å². The first-order valence-electron chi connectivity index (χ1n) is 8.99. The maximum atomic E-state index is 12.0. The monoisotopic (exact) mass is 402 g/mol. The summed E-state index contributed by atoms with van der Waals surface area (Å²) in [5.74, 6) is 10.5. The first-order chi connectivity index (χ1) is 13.3. The third-order valence-corrected chi connectivity index (χ3v) is 4.78. The molecule has 0 aliphatic carbocycles. The quantitative estimate of drug-likeness (QED) is 0.397. The van der Waals surface area contributed by atoms with E-state index < -0.39 is 22.3 Å². The van der Waals surface area contributed by atoms with Crippen molar-refractivity contribution in [3.05, 3.63) is 54.1 Å². The van der Waals surface area contributed by atoms with Gasteiger partial charge in [-0.2, -0.15) is 8.42 Å². The number of allylic oxidation sites excluding steroid dienone is 3. The van der Waals surface area contributed by atoms with Crippen molar-refractivity contribution in [3.63, 3.8) is 0 Å². The molecule has 0 spiro atoms. The number of aliphatic hydroxyl groups is 2. The van der Waals surface area contributed by atoms with Gasteiger partial charge in [-0.1, -0.05) is 60.5 Å². The number of rotatable bonds is 8. The second kappa shape index (κ2) is 12.9. The molecule has 2 unspecified atom stereocenters. The first-order valence-corrected chi connectivity index (χ1v) is 10.4. The van der Waals surface area contributed by atoms with E-state index in [1.54, 1.807) is 12.1 Å². The minimum atomic E-state index is -3.84. The van der Waals surface area contributed by atoms with Crippen molar-refractivity contribution >= 4 is 10.1 Å². The summed E-state index contributed by atoms with van der Waals surface area (Å²) in [6.45, 7) is 3.70. The van der Waals surface area contributed by atoms with Crippen molar-refractivity contribution in [2.45, 2.75) is 50.2 Å². The zero-order valence-corrected chi connectivity index (χ0v) is 16.9. The fraction of sp³-hybridized carbons (Fsp3) is 0.364. The second-order valence-corrected chi connectivity index (χ2v) is 7.55. The molecular weight excluding hydrogens is 376 g/mol. The van der Waals surface area contributed by atoms with Gasteiger partial charge in [-0.15, -0.1) is 0 Å². The zero-order valence-electron chi connectivity index (χ0n) is 16.1. The van der Waals surface area contributed by atoms with E-state index in [2.05, 4.69) is 23.7 Å². The largest absolute Gasteiger partial charge is 0.380 e. The highest BCUT2D eigenvalue weighted by Gasteiger charge is 2.15. The Balaban J connectivity index is 2.38. The van der Waals surface area contributed by atoms with E-state index in [1.807, 2.05) is 26.0 Å². The molecule has 0 aliphatic rings. The normalized spacial score (nSPS) is 13.6. The summed E-state index contributed by atoms with van der Waals surface area (Å²) in [5, 5.41) is 19.3. The number of benzene rings is 1. The van der Waals surface area contributed by atoms with E-state index in [1.165, 1.54) is 24.3 Å². The number of aryl methyl sites for hydroxylation is 1. The maximum absolute atomic E-state index is 12.0. The average Bonchev–Trinajstić information content (AvgIpc) is 2.65. The topological polar surface area (TPSA) is 83.8 Å². The lowest BCUT2D eigenvalue weighted by molar-refractivity contribution is 0.188. The summed E-state index contributed by atoms with van der Waals surface area (Å²) in [7, 11) is -3.84. The molecule has 0 fully saturated rings. The van der Waals surface area contributed by atoms with E-state index in [9.17, 15) is 18.6 Å². The van der Waals surface area contributed by atoms with Crippen LogP contribution in [0.25, 0.3) is 0 Å². The lowest BCUT2D eigenvalue weighted by Gasteiger charge is -2.06. The average molecular weight is 403 g/mol. The lowest BCUT2D eigenvalue weighted by atomic mass is 10.2. The van der Waals surface area contributed by atoms with Gasteiger partial charge in [0, 0.05) is 12.8 Å². The lowest BCUT2D eigenvalue weighted by Crippen LogP contribution is -2.12. The number of hydrogen-bond donors (Lipinski definition) is 2. The molecule has 0 bridgehead atoms. The Labute approximate surface area is 167 Å². The van der Waals surface area contributed by atoms with Crippen molar-refractivity contribution in [1.29, 1.82) is 0 Å². The van der Waals surface area contributed by atoms with Gasteiger partial charge in [0.05, 0.1) is 11.5 Å². The summed E-state index contributed by atoms with van der Waals surface area (Å²) < 4.78 is 28.9. The van der Waals surface area contributed by atoms with Crippen molar-refractivity contribution in [1.82, 2.24) is 0 Å². The third-order valence-electron chi connectivity index (χ3n) is 3.45. The van der Waals surface area contributed by atoms with Crippen LogP contribution in [0.4, 0.5) is 0 Å². The van der Waals surface area contributed by atoms with Gasteiger partial charge in [0.2, 0.25) is 0 Å². The Morgan fingerprint density at radius 1 is 1.04 bits per heavy atom. The molecule has 1 rings (SSSR count). The summed E-state index contributed by atoms with van der Waals surface area (Å²) >= 11 is 0. The van der Waals surface area contributed by atoms with Gasteiger partial charge < -0.3 is 10.2 Å². The van der Waals surface area contributed by atoms with Crippen LogP contribution in [0.5, 0.6) is 0 Å². The molecule has 0 aromatic heterocycles.